The van der Waals surface area contributed by atoms with Gasteiger partial charge in [-0.05, 0) is 63.7 Å². The second-order valence-electron chi connectivity index (χ2n) is 6.38. The van der Waals surface area contributed by atoms with Crippen molar-refractivity contribution in [3.05, 3.63) is 23.9 Å². The number of amides is 1. The van der Waals surface area contributed by atoms with Crippen LogP contribution in [0.5, 0.6) is 0 Å². The average Bonchev–Trinajstić information content (AvgIpc) is 3.10. The highest BCUT2D eigenvalue weighted by molar-refractivity contribution is 5.83. The molecule has 2 aliphatic rings. The molecule has 0 spiro atoms. The van der Waals surface area contributed by atoms with Crippen LogP contribution in [0.3, 0.4) is 0 Å². The molecular weight excluding hydrogens is 258 g/mol. The summed E-state index contributed by atoms with van der Waals surface area (Å²) in [7, 11) is 0. The van der Waals surface area contributed by atoms with Gasteiger partial charge >= 0.3 is 12.1 Å². The number of carboxylic acids is 1. The van der Waals surface area contributed by atoms with Gasteiger partial charge in [0.2, 0.25) is 0 Å². The molecule has 1 saturated carbocycles. The van der Waals surface area contributed by atoms with Crippen molar-refractivity contribution in [2.45, 2.75) is 51.7 Å². The number of hydrogen-bond donors (Lipinski definition) is 1. The molecule has 2 rings (SSSR count). The van der Waals surface area contributed by atoms with Crippen molar-refractivity contribution in [1.29, 1.82) is 0 Å². The number of nitrogens with zero attached hydrogens (tertiary/aromatic N) is 1. The minimum Gasteiger partial charge on any atom is -0.479 e. The van der Waals surface area contributed by atoms with Crippen LogP contribution in [0.15, 0.2) is 23.9 Å². The van der Waals surface area contributed by atoms with E-state index < -0.39 is 23.7 Å². The summed E-state index contributed by atoms with van der Waals surface area (Å²) < 4.78 is 5.23. The summed E-state index contributed by atoms with van der Waals surface area (Å²) in [5.74, 6) is -0.373. The predicted octanol–water partition coefficient (Wildman–Crippen LogP) is 2.93. The number of hydrogen-bond acceptors (Lipinski definition) is 3. The average molecular weight is 279 g/mol. The first kappa shape index (κ1) is 14.6. The lowest BCUT2D eigenvalue weighted by Crippen LogP contribution is -2.44. The quantitative estimate of drug-likeness (QED) is 0.862. The van der Waals surface area contributed by atoms with E-state index in [9.17, 15) is 14.7 Å². The number of carbonyl (C=O) groups is 2. The molecule has 20 heavy (non-hydrogen) atoms. The van der Waals surface area contributed by atoms with Crippen LogP contribution in [0.4, 0.5) is 4.79 Å². The molecule has 5 heteroatoms. The van der Waals surface area contributed by atoms with E-state index in [0.717, 1.165) is 16.9 Å². The number of carboxylic acid groups (broad SMARTS) is 1. The third kappa shape index (κ3) is 3.85. The van der Waals surface area contributed by atoms with E-state index in [0.29, 0.717) is 5.92 Å². The Bertz CT molecular complexity index is 469. The first-order valence-corrected chi connectivity index (χ1v) is 6.89. The highest BCUT2D eigenvalue weighted by Gasteiger charge is 2.33. The van der Waals surface area contributed by atoms with E-state index >= 15 is 0 Å². The SMILES string of the molecule is CC(C)(C)OC(=O)N1C=CC(CC2CC2)=CC1C(=O)O. The highest BCUT2D eigenvalue weighted by Crippen LogP contribution is 2.36. The van der Waals surface area contributed by atoms with Crippen molar-refractivity contribution in [2.75, 3.05) is 0 Å². The zero-order valence-electron chi connectivity index (χ0n) is 12.1. The molecule has 1 fully saturated rings. The third-order valence-corrected chi connectivity index (χ3v) is 3.20. The van der Waals surface area contributed by atoms with Crippen LogP contribution in [-0.2, 0) is 9.53 Å². The first-order chi connectivity index (χ1) is 9.26. The molecule has 1 amide bonds. The zero-order valence-corrected chi connectivity index (χ0v) is 12.1. The van der Waals surface area contributed by atoms with Gasteiger partial charge in [0, 0.05) is 6.20 Å². The molecule has 1 aliphatic carbocycles. The van der Waals surface area contributed by atoms with Crippen LogP contribution < -0.4 is 0 Å². The fraction of sp³-hybridized carbons (Fsp3) is 0.600. The van der Waals surface area contributed by atoms with Crippen LogP contribution >= 0.6 is 0 Å². The molecule has 0 saturated heterocycles. The Morgan fingerprint density at radius 3 is 2.55 bits per heavy atom. The van der Waals surface area contributed by atoms with E-state index in [1.165, 1.54) is 19.0 Å². The van der Waals surface area contributed by atoms with E-state index in [4.69, 9.17) is 4.74 Å². The van der Waals surface area contributed by atoms with E-state index in [1.54, 1.807) is 26.8 Å². The van der Waals surface area contributed by atoms with Gasteiger partial charge in [0.15, 0.2) is 6.04 Å². The molecule has 0 aromatic carbocycles. The number of rotatable bonds is 3. The summed E-state index contributed by atoms with van der Waals surface area (Å²) in [6.07, 6.45) is 7.64. The van der Waals surface area contributed by atoms with Crippen LogP contribution in [-0.4, -0.2) is 33.7 Å². The van der Waals surface area contributed by atoms with Crippen molar-refractivity contribution in [3.8, 4) is 0 Å². The summed E-state index contributed by atoms with van der Waals surface area (Å²) in [5.41, 5.74) is 0.339. The minimum atomic E-state index is -1.05. The minimum absolute atomic E-state index is 0.636. The van der Waals surface area contributed by atoms with Crippen LogP contribution in [0.1, 0.15) is 40.0 Å². The largest absolute Gasteiger partial charge is 0.479 e. The van der Waals surface area contributed by atoms with Gasteiger partial charge < -0.3 is 9.84 Å². The topological polar surface area (TPSA) is 66.8 Å². The zero-order chi connectivity index (χ0) is 14.9. The lowest BCUT2D eigenvalue weighted by molar-refractivity contribution is -0.140. The monoisotopic (exact) mass is 279 g/mol. The number of ether oxygens (including phenoxy) is 1. The number of aliphatic carboxylic acids is 1. The fourth-order valence-electron chi connectivity index (χ4n) is 2.08. The van der Waals surface area contributed by atoms with Crippen molar-refractivity contribution in [2.24, 2.45) is 5.92 Å². The molecule has 0 radical (unpaired) electrons. The molecule has 5 nitrogen and oxygen atoms in total. The Kier molecular flexibility index (Phi) is 3.88. The van der Waals surface area contributed by atoms with Crippen LogP contribution in [0.2, 0.25) is 0 Å². The number of carbonyl (C=O) groups excluding carboxylic acids is 1. The molecule has 1 N–H and O–H groups in total. The summed E-state index contributed by atoms with van der Waals surface area (Å²) in [5, 5.41) is 9.30. The Morgan fingerprint density at radius 2 is 2.05 bits per heavy atom. The molecular formula is C15H21NO4. The summed E-state index contributed by atoms with van der Waals surface area (Å²) in [6.45, 7) is 5.26. The van der Waals surface area contributed by atoms with E-state index in [2.05, 4.69) is 0 Å². The predicted molar refractivity (Wildman–Crippen MR) is 74.1 cm³/mol. The Morgan fingerprint density at radius 1 is 1.40 bits per heavy atom. The number of allylic oxidation sites excluding steroid dienone is 2. The van der Waals surface area contributed by atoms with Crippen molar-refractivity contribution in [1.82, 2.24) is 4.90 Å². The second-order valence-corrected chi connectivity index (χ2v) is 6.38. The smallest absolute Gasteiger partial charge is 0.415 e. The molecule has 1 heterocycles. The van der Waals surface area contributed by atoms with Crippen LogP contribution in [0, 0.1) is 5.92 Å². The summed E-state index contributed by atoms with van der Waals surface area (Å²) in [6, 6.07) is -0.983. The van der Waals surface area contributed by atoms with Gasteiger partial charge in [0.05, 0.1) is 0 Å². The Labute approximate surface area is 118 Å². The van der Waals surface area contributed by atoms with E-state index in [-0.39, 0.29) is 0 Å². The summed E-state index contributed by atoms with van der Waals surface area (Å²) >= 11 is 0. The highest BCUT2D eigenvalue weighted by atomic mass is 16.6. The Balaban J connectivity index is 2.09. The van der Waals surface area contributed by atoms with Gasteiger partial charge in [-0.2, -0.15) is 0 Å². The van der Waals surface area contributed by atoms with Gasteiger partial charge in [-0.1, -0.05) is 0 Å². The molecule has 0 bridgehead atoms. The maximum Gasteiger partial charge on any atom is 0.415 e. The lowest BCUT2D eigenvalue weighted by atomic mass is 10.0. The standard InChI is InChI=1S/C15H21NO4/c1-15(2,3)20-14(19)16-7-6-11(8-10-4-5-10)9-12(16)13(17)18/h6-7,9-10,12H,4-5,8H2,1-3H3,(H,17,18). The van der Waals surface area contributed by atoms with Gasteiger partial charge in [-0.15, -0.1) is 0 Å². The molecule has 1 unspecified atom stereocenters. The molecule has 1 atom stereocenters. The van der Waals surface area contributed by atoms with Gasteiger partial charge in [0.1, 0.15) is 5.60 Å². The van der Waals surface area contributed by atoms with Gasteiger partial charge in [0.25, 0.3) is 0 Å². The van der Waals surface area contributed by atoms with Crippen molar-refractivity contribution >= 4 is 12.1 Å². The lowest BCUT2D eigenvalue weighted by Gasteiger charge is -2.30. The normalized spacial score (nSPS) is 22.4. The maximum absolute atomic E-state index is 12.0. The van der Waals surface area contributed by atoms with Crippen molar-refractivity contribution in [3.63, 3.8) is 0 Å². The molecule has 0 aromatic heterocycles. The van der Waals surface area contributed by atoms with Crippen LogP contribution in [0.25, 0.3) is 0 Å². The summed E-state index contributed by atoms with van der Waals surface area (Å²) in [4.78, 5) is 24.5. The second kappa shape index (κ2) is 5.31. The maximum atomic E-state index is 12.0. The van der Waals surface area contributed by atoms with Crippen molar-refractivity contribution < 1.29 is 19.4 Å². The molecule has 110 valence electrons. The van der Waals surface area contributed by atoms with E-state index in [1.807, 2.05) is 6.08 Å². The van der Waals surface area contributed by atoms with Gasteiger partial charge in [-0.25, -0.2) is 9.59 Å². The van der Waals surface area contributed by atoms with Gasteiger partial charge in [-0.3, -0.25) is 4.90 Å². The first-order valence-electron chi connectivity index (χ1n) is 6.89. The Hall–Kier alpha value is -1.78. The molecule has 0 aromatic rings. The fourth-order valence-corrected chi connectivity index (χ4v) is 2.08. The molecule has 1 aliphatic heterocycles. The third-order valence-electron chi connectivity index (χ3n) is 3.20.